The van der Waals surface area contributed by atoms with Crippen LogP contribution in [0.3, 0.4) is 0 Å². The lowest BCUT2D eigenvalue weighted by Gasteiger charge is -2.13. The van der Waals surface area contributed by atoms with E-state index in [1.54, 1.807) is 0 Å². The van der Waals surface area contributed by atoms with E-state index < -0.39 is 0 Å². The molecule has 1 heterocycles. The lowest BCUT2D eigenvalue weighted by molar-refractivity contribution is -0.121. The average molecular weight is 211 g/mol. The van der Waals surface area contributed by atoms with Crippen LogP contribution in [0, 0.1) is 13.8 Å². The van der Waals surface area contributed by atoms with Crippen molar-refractivity contribution in [1.29, 1.82) is 0 Å². The first kappa shape index (κ1) is 11.7. The Morgan fingerprint density at radius 1 is 1.60 bits per heavy atom. The molecule has 0 aliphatic rings. The minimum Gasteiger partial charge on any atom is -0.361 e. The van der Waals surface area contributed by atoms with Crippen molar-refractivity contribution >= 4 is 5.91 Å². The highest BCUT2D eigenvalue weighted by molar-refractivity contribution is 5.76. The maximum Gasteiger partial charge on any atom is 0.221 e. The average Bonchev–Trinajstić information content (AvgIpc) is 2.46. The number of rotatable bonds is 4. The Bertz CT molecular complexity index is 327. The summed E-state index contributed by atoms with van der Waals surface area (Å²) in [7, 11) is 0. The summed E-state index contributed by atoms with van der Waals surface area (Å²) in [6.07, 6.45) is 0.341. The van der Waals surface area contributed by atoms with Gasteiger partial charge in [0.05, 0.1) is 11.7 Å². The summed E-state index contributed by atoms with van der Waals surface area (Å²) in [5, 5.41) is 6.69. The Labute approximate surface area is 89.0 Å². The van der Waals surface area contributed by atoms with Crippen molar-refractivity contribution in [3.8, 4) is 0 Å². The Balaban J connectivity index is 2.68. The topological polar surface area (TPSA) is 81.2 Å². The van der Waals surface area contributed by atoms with Crippen LogP contribution in [0.2, 0.25) is 0 Å². The van der Waals surface area contributed by atoms with Gasteiger partial charge in [-0.3, -0.25) is 4.79 Å². The smallest absolute Gasteiger partial charge is 0.221 e. The fourth-order valence-electron chi connectivity index (χ4n) is 1.63. The Kier molecular flexibility index (Phi) is 3.85. The lowest BCUT2D eigenvalue weighted by atomic mass is 10.1. The van der Waals surface area contributed by atoms with Gasteiger partial charge >= 0.3 is 0 Å². The minimum absolute atomic E-state index is 0.0509. The van der Waals surface area contributed by atoms with Crippen LogP contribution in [0.4, 0.5) is 0 Å². The van der Waals surface area contributed by atoms with Crippen LogP contribution in [0.15, 0.2) is 4.52 Å². The SMILES string of the molecule is Cc1noc(C)c1C(C)NC(=O)CCN. The molecule has 84 valence electrons. The maximum absolute atomic E-state index is 11.3. The second-order valence-corrected chi connectivity index (χ2v) is 3.57. The fourth-order valence-corrected chi connectivity index (χ4v) is 1.63. The summed E-state index contributed by atoms with van der Waals surface area (Å²) in [4.78, 5) is 11.3. The molecular formula is C10H17N3O2. The predicted molar refractivity (Wildman–Crippen MR) is 56.2 cm³/mol. The Morgan fingerprint density at radius 3 is 2.73 bits per heavy atom. The lowest BCUT2D eigenvalue weighted by Crippen LogP contribution is -2.28. The number of hydrogen-bond donors (Lipinski definition) is 2. The van der Waals surface area contributed by atoms with Gasteiger partial charge < -0.3 is 15.6 Å². The van der Waals surface area contributed by atoms with E-state index in [2.05, 4.69) is 10.5 Å². The van der Waals surface area contributed by atoms with Crippen LogP contribution >= 0.6 is 0 Å². The summed E-state index contributed by atoms with van der Waals surface area (Å²) in [5.41, 5.74) is 7.05. The van der Waals surface area contributed by atoms with E-state index in [0.29, 0.717) is 13.0 Å². The minimum atomic E-state index is -0.0877. The van der Waals surface area contributed by atoms with Gasteiger partial charge in [0.15, 0.2) is 0 Å². The highest BCUT2D eigenvalue weighted by Crippen LogP contribution is 2.20. The third kappa shape index (κ3) is 2.79. The van der Waals surface area contributed by atoms with E-state index in [1.807, 2.05) is 20.8 Å². The Morgan fingerprint density at radius 2 is 2.27 bits per heavy atom. The van der Waals surface area contributed by atoms with Crippen molar-refractivity contribution in [1.82, 2.24) is 10.5 Å². The van der Waals surface area contributed by atoms with Gasteiger partial charge in [0.25, 0.3) is 0 Å². The van der Waals surface area contributed by atoms with Gasteiger partial charge in [-0.1, -0.05) is 5.16 Å². The largest absolute Gasteiger partial charge is 0.361 e. The predicted octanol–water partition coefficient (Wildman–Crippen LogP) is 0.817. The number of carbonyl (C=O) groups excluding carboxylic acids is 1. The zero-order valence-electron chi connectivity index (χ0n) is 9.33. The fraction of sp³-hybridized carbons (Fsp3) is 0.600. The number of aryl methyl sites for hydroxylation is 2. The van der Waals surface area contributed by atoms with Crippen molar-refractivity contribution in [3.05, 3.63) is 17.0 Å². The van der Waals surface area contributed by atoms with Crippen molar-refractivity contribution < 1.29 is 9.32 Å². The van der Waals surface area contributed by atoms with Gasteiger partial charge in [0, 0.05) is 18.5 Å². The summed E-state index contributed by atoms with van der Waals surface area (Å²) in [6, 6.07) is -0.0877. The number of aromatic nitrogens is 1. The molecule has 0 aromatic carbocycles. The van der Waals surface area contributed by atoms with E-state index >= 15 is 0 Å². The quantitative estimate of drug-likeness (QED) is 0.772. The Hall–Kier alpha value is -1.36. The van der Waals surface area contributed by atoms with E-state index in [0.717, 1.165) is 17.0 Å². The number of hydrogen-bond acceptors (Lipinski definition) is 4. The molecule has 0 spiro atoms. The molecular weight excluding hydrogens is 194 g/mol. The summed E-state index contributed by atoms with van der Waals surface area (Å²) < 4.78 is 5.03. The molecule has 1 atom stereocenters. The molecule has 5 nitrogen and oxygen atoms in total. The maximum atomic E-state index is 11.3. The molecule has 0 fully saturated rings. The molecule has 5 heteroatoms. The van der Waals surface area contributed by atoms with Crippen LogP contribution in [0.5, 0.6) is 0 Å². The molecule has 0 aliphatic carbocycles. The monoisotopic (exact) mass is 211 g/mol. The van der Waals surface area contributed by atoms with Gasteiger partial charge in [0.2, 0.25) is 5.91 Å². The highest BCUT2D eigenvalue weighted by Gasteiger charge is 2.17. The second-order valence-electron chi connectivity index (χ2n) is 3.57. The van der Waals surface area contributed by atoms with Gasteiger partial charge in [0.1, 0.15) is 5.76 Å². The molecule has 0 saturated carbocycles. The van der Waals surface area contributed by atoms with E-state index in [9.17, 15) is 4.79 Å². The van der Waals surface area contributed by atoms with Crippen molar-refractivity contribution in [2.24, 2.45) is 5.73 Å². The molecule has 0 radical (unpaired) electrons. The number of nitrogens with two attached hydrogens (primary N) is 1. The third-order valence-electron chi connectivity index (χ3n) is 2.27. The molecule has 3 N–H and O–H groups in total. The first-order valence-corrected chi connectivity index (χ1v) is 4.98. The third-order valence-corrected chi connectivity index (χ3v) is 2.27. The zero-order chi connectivity index (χ0) is 11.4. The van der Waals surface area contributed by atoms with E-state index in [4.69, 9.17) is 10.3 Å². The van der Waals surface area contributed by atoms with Crippen molar-refractivity contribution in [2.75, 3.05) is 6.54 Å². The molecule has 1 amide bonds. The van der Waals surface area contributed by atoms with Gasteiger partial charge in [-0.2, -0.15) is 0 Å². The summed E-state index contributed by atoms with van der Waals surface area (Å²) in [5.74, 6) is 0.693. The van der Waals surface area contributed by atoms with Gasteiger partial charge in [-0.25, -0.2) is 0 Å². The van der Waals surface area contributed by atoms with Crippen molar-refractivity contribution in [2.45, 2.75) is 33.2 Å². The van der Waals surface area contributed by atoms with E-state index in [1.165, 1.54) is 0 Å². The number of nitrogens with zero attached hydrogens (tertiary/aromatic N) is 1. The van der Waals surface area contributed by atoms with Crippen LogP contribution in [0.1, 0.15) is 36.4 Å². The highest BCUT2D eigenvalue weighted by atomic mass is 16.5. The van der Waals surface area contributed by atoms with Crippen LogP contribution in [-0.2, 0) is 4.79 Å². The summed E-state index contributed by atoms with van der Waals surface area (Å²) >= 11 is 0. The first-order valence-electron chi connectivity index (χ1n) is 4.98. The molecule has 1 aromatic rings. The van der Waals surface area contributed by atoms with E-state index in [-0.39, 0.29) is 11.9 Å². The van der Waals surface area contributed by atoms with Gasteiger partial charge in [-0.05, 0) is 20.8 Å². The van der Waals surface area contributed by atoms with Crippen LogP contribution in [0.25, 0.3) is 0 Å². The van der Waals surface area contributed by atoms with Gasteiger partial charge in [-0.15, -0.1) is 0 Å². The van der Waals surface area contributed by atoms with Crippen LogP contribution < -0.4 is 11.1 Å². The molecule has 1 rings (SSSR count). The first-order chi connectivity index (χ1) is 7.06. The zero-order valence-corrected chi connectivity index (χ0v) is 9.33. The second kappa shape index (κ2) is 4.93. The molecule has 15 heavy (non-hydrogen) atoms. The number of nitrogens with one attached hydrogen (secondary N) is 1. The number of amides is 1. The van der Waals surface area contributed by atoms with Crippen LogP contribution in [-0.4, -0.2) is 17.6 Å². The standard InChI is InChI=1S/C10H17N3O2/c1-6(12-9(14)4-5-11)10-7(2)13-15-8(10)3/h6H,4-5,11H2,1-3H3,(H,12,14). The molecule has 0 aliphatic heterocycles. The van der Waals surface area contributed by atoms with Crippen molar-refractivity contribution in [3.63, 3.8) is 0 Å². The molecule has 0 bridgehead atoms. The number of carbonyl (C=O) groups is 1. The molecule has 0 saturated heterocycles. The molecule has 1 aromatic heterocycles. The molecule has 1 unspecified atom stereocenters. The summed E-state index contributed by atoms with van der Waals surface area (Å²) in [6.45, 7) is 5.96. The normalized spacial score (nSPS) is 12.5.